The van der Waals surface area contributed by atoms with Crippen LogP contribution in [-0.2, 0) is 4.79 Å². The third-order valence-electron chi connectivity index (χ3n) is 3.67. The van der Waals surface area contributed by atoms with E-state index in [0.717, 1.165) is 29.2 Å². The molecule has 1 aliphatic rings. The minimum Gasteiger partial charge on any atom is -0.497 e. The van der Waals surface area contributed by atoms with E-state index in [2.05, 4.69) is 5.32 Å². The monoisotopic (exact) mass is 401 g/mol. The number of thiocarbonyl (C=S) groups is 1. The lowest BCUT2D eigenvalue weighted by Crippen LogP contribution is -2.17. The predicted molar refractivity (Wildman–Crippen MR) is 111 cm³/mol. The van der Waals surface area contributed by atoms with Crippen LogP contribution in [0, 0.1) is 0 Å². The molecule has 0 radical (unpaired) electrons. The van der Waals surface area contributed by atoms with Crippen LogP contribution in [0.3, 0.4) is 0 Å². The number of thioether (sulfide) groups is 1. The van der Waals surface area contributed by atoms with Crippen molar-refractivity contribution < 1.29 is 19.0 Å². The number of nitrogens with one attached hydrogen (secondary N) is 1. The van der Waals surface area contributed by atoms with Crippen LogP contribution in [0.4, 0.5) is 0 Å². The Morgan fingerprint density at radius 2 is 1.70 bits per heavy atom. The summed E-state index contributed by atoms with van der Waals surface area (Å²) in [5.74, 6) is 2.13. The van der Waals surface area contributed by atoms with Gasteiger partial charge < -0.3 is 19.5 Å². The molecule has 0 aromatic heterocycles. The Kier molecular flexibility index (Phi) is 6.73. The molecule has 1 N–H and O–H groups in total. The van der Waals surface area contributed by atoms with Crippen molar-refractivity contribution in [1.29, 1.82) is 0 Å². The zero-order valence-corrected chi connectivity index (χ0v) is 16.4. The number of hydrogen-bond donors (Lipinski definition) is 1. The second-order valence-electron chi connectivity index (χ2n) is 5.65. The summed E-state index contributed by atoms with van der Waals surface area (Å²) in [5.41, 5.74) is 0.891. The van der Waals surface area contributed by atoms with Crippen LogP contribution >= 0.6 is 24.0 Å². The lowest BCUT2D eigenvalue weighted by Gasteiger charge is -2.09. The molecule has 0 unspecified atom stereocenters. The fourth-order valence-electron chi connectivity index (χ4n) is 2.40. The van der Waals surface area contributed by atoms with Crippen LogP contribution < -0.4 is 19.5 Å². The minimum absolute atomic E-state index is 0.161. The first-order valence-corrected chi connectivity index (χ1v) is 9.61. The van der Waals surface area contributed by atoms with Crippen molar-refractivity contribution in [2.45, 2.75) is 6.42 Å². The van der Waals surface area contributed by atoms with E-state index in [1.54, 1.807) is 13.2 Å². The third-order valence-corrected chi connectivity index (χ3v) is 4.83. The molecule has 0 aliphatic carbocycles. The molecule has 1 heterocycles. The standard InChI is InChI=1S/C20H19NO4S2/c1-23-15-6-3-8-17(13-15)25-10-4-9-24-16-7-2-5-14(11-16)12-18-19(22)21-20(26)27-18/h2-3,5-8,11-13H,4,9-10H2,1H3,(H,21,22,26)/b18-12+. The first-order valence-electron chi connectivity index (χ1n) is 8.38. The van der Waals surface area contributed by atoms with Gasteiger partial charge in [0.2, 0.25) is 0 Å². The Bertz CT molecular complexity index is 867. The largest absolute Gasteiger partial charge is 0.497 e. The van der Waals surface area contributed by atoms with E-state index < -0.39 is 0 Å². The second kappa shape index (κ2) is 9.43. The second-order valence-corrected chi connectivity index (χ2v) is 7.37. The molecule has 27 heavy (non-hydrogen) atoms. The normalized spacial score (nSPS) is 14.9. The van der Waals surface area contributed by atoms with E-state index in [1.165, 1.54) is 11.8 Å². The maximum Gasteiger partial charge on any atom is 0.263 e. The number of carbonyl (C=O) groups excluding carboxylic acids is 1. The zero-order valence-electron chi connectivity index (χ0n) is 14.8. The molecule has 2 aromatic rings. The molecule has 5 nitrogen and oxygen atoms in total. The van der Waals surface area contributed by atoms with Crippen molar-refractivity contribution in [3.05, 3.63) is 59.0 Å². The Morgan fingerprint density at radius 3 is 2.37 bits per heavy atom. The Balaban J connectivity index is 1.47. The van der Waals surface area contributed by atoms with Gasteiger partial charge in [-0.1, -0.05) is 42.2 Å². The average molecular weight is 402 g/mol. The molecule has 0 atom stereocenters. The Hall–Kier alpha value is -2.51. The van der Waals surface area contributed by atoms with Gasteiger partial charge in [-0.25, -0.2) is 0 Å². The summed E-state index contributed by atoms with van der Waals surface area (Å²) >= 11 is 6.26. The summed E-state index contributed by atoms with van der Waals surface area (Å²) in [6.07, 6.45) is 2.55. The highest BCUT2D eigenvalue weighted by atomic mass is 32.2. The summed E-state index contributed by atoms with van der Waals surface area (Å²) in [4.78, 5) is 12.3. The molecule has 0 spiro atoms. The first kappa shape index (κ1) is 19.3. The number of rotatable bonds is 8. The number of ether oxygens (including phenoxy) is 3. The lowest BCUT2D eigenvalue weighted by molar-refractivity contribution is -0.115. The van der Waals surface area contributed by atoms with Gasteiger partial charge in [-0.3, -0.25) is 4.79 Å². The molecule has 1 amide bonds. The van der Waals surface area contributed by atoms with Crippen LogP contribution in [-0.4, -0.2) is 30.6 Å². The van der Waals surface area contributed by atoms with E-state index in [-0.39, 0.29) is 5.91 Å². The molecule has 2 aromatic carbocycles. The average Bonchev–Trinajstić information content (AvgIpc) is 2.99. The summed E-state index contributed by atoms with van der Waals surface area (Å²) < 4.78 is 17.1. The number of methoxy groups -OCH3 is 1. The van der Waals surface area contributed by atoms with Gasteiger partial charge in [0.25, 0.3) is 5.91 Å². The van der Waals surface area contributed by atoms with E-state index in [0.29, 0.717) is 22.4 Å². The van der Waals surface area contributed by atoms with Gasteiger partial charge in [-0.2, -0.15) is 0 Å². The summed E-state index contributed by atoms with van der Waals surface area (Å²) in [5, 5.41) is 2.60. The number of hydrogen-bond acceptors (Lipinski definition) is 6. The topological polar surface area (TPSA) is 56.8 Å². The SMILES string of the molecule is COc1cccc(OCCCOc2cccc(/C=C3/SC(=S)NC3=O)c2)c1. The summed E-state index contributed by atoms with van der Waals surface area (Å²) in [6, 6.07) is 15.1. The third kappa shape index (κ3) is 5.74. The van der Waals surface area contributed by atoms with Crippen molar-refractivity contribution in [3.8, 4) is 17.2 Å². The van der Waals surface area contributed by atoms with Crippen LogP contribution in [0.25, 0.3) is 6.08 Å². The highest BCUT2D eigenvalue weighted by molar-refractivity contribution is 8.26. The molecule has 1 saturated heterocycles. The predicted octanol–water partition coefficient (Wildman–Crippen LogP) is 4.03. The molecule has 3 rings (SSSR count). The molecular formula is C20H19NO4S2. The van der Waals surface area contributed by atoms with E-state index in [4.69, 9.17) is 26.4 Å². The maximum atomic E-state index is 11.7. The zero-order chi connectivity index (χ0) is 19.1. The van der Waals surface area contributed by atoms with Gasteiger partial charge in [-0.15, -0.1) is 0 Å². The van der Waals surface area contributed by atoms with Crippen molar-refractivity contribution in [2.24, 2.45) is 0 Å². The minimum atomic E-state index is -0.161. The number of carbonyl (C=O) groups is 1. The number of amides is 1. The summed E-state index contributed by atoms with van der Waals surface area (Å²) in [6.45, 7) is 1.08. The van der Waals surface area contributed by atoms with Crippen molar-refractivity contribution in [3.63, 3.8) is 0 Å². The first-order chi connectivity index (χ1) is 13.1. The fraction of sp³-hybridized carbons (Fsp3) is 0.200. The Labute approximate surface area is 167 Å². The quantitative estimate of drug-likeness (QED) is 0.409. The molecule has 7 heteroatoms. The molecule has 1 aliphatic heterocycles. The van der Waals surface area contributed by atoms with Crippen molar-refractivity contribution >= 4 is 40.3 Å². The van der Waals surface area contributed by atoms with Gasteiger partial charge in [0.1, 0.15) is 21.6 Å². The van der Waals surface area contributed by atoms with Crippen LogP contribution in [0.5, 0.6) is 17.2 Å². The van der Waals surface area contributed by atoms with Crippen molar-refractivity contribution in [1.82, 2.24) is 5.32 Å². The highest BCUT2D eigenvalue weighted by Gasteiger charge is 2.21. The molecule has 1 fully saturated rings. The fourth-order valence-corrected chi connectivity index (χ4v) is 3.44. The van der Waals surface area contributed by atoms with Gasteiger partial charge in [0.05, 0.1) is 25.2 Å². The van der Waals surface area contributed by atoms with Crippen LogP contribution in [0.2, 0.25) is 0 Å². The molecule has 140 valence electrons. The van der Waals surface area contributed by atoms with Crippen LogP contribution in [0.15, 0.2) is 53.4 Å². The van der Waals surface area contributed by atoms with E-state index >= 15 is 0 Å². The number of benzene rings is 2. The Morgan fingerprint density at radius 1 is 1.04 bits per heavy atom. The van der Waals surface area contributed by atoms with E-state index in [1.807, 2.05) is 48.5 Å². The maximum absolute atomic E-state index is 11.7. The van der Waals surface area contributed by atoms with Gasteiger partial charge >= 0.3 is 0 Å². The summed E-state index contributed by atoms with van der Waals surface area (Å²) in [7, 11) is 1.63. The lowest BCUT2D eigenvalue weighted by atomic mass is 10.2. The molecular weight excluding hydrogens is 382 g/mol. The van der Waals surface area contributed by atoms with Gasteiger partial charge in [0, 0.05) is 12.5 Å². The van der Waals surface area contributed by atoms with Gasteiger partial charge in [0.15, 0.2) is 0 Å². The smallest absolute Gasteiger partial charge is 0.263 e. The molecule has 0 bridgehead atoms. The highest BCUT2D eigenvalue weighted by Crippen LogP contribution is 2.27. The van der Waals surface area contributed by atoms with Crippen molar-refractivity contribution in [2.75, 3.05) is 20.3 Å². The van der Waals surface area contributed by atoms with Gasteiger partial charge in [-0.05, 0) is 35.9 Å². The van der Waals surface area contributed by atoms with E-state index in [9.17, 15) is 4.79 Å². The van der Waals surface area contributed by atoms with Crippen LogP contribution in [0.1, 0.15) is 12.0 Å². The molecule has 0 saturated carbocycles.